The Morgan fingerprint density at radius 1 is 1.03 bits per heavy atom. The van der Waals surface area contributed by atoms with Gasteiger partial charge in [0.1, 0.15) is 30.5 Å². The van der Waals surface area contributed by atoms with Gasteiger partial charge in [-0.3, -0.25) is 9.69 Å². The van der Waals surface area contributed by atoms with Gasteiger partial charge in [0.2, 0.25) is 0 Å². The molecule has 1 heterocycles. The number of carboxylic acid groups (broad SMARTS) is 1. The zero-order valence-electron chi connectivity index (χ0n) is 19.5. The van der Waals surface area contributed by atoms with Crippen LogP contribution in [0.2, 0.25) is 0 Å². The lowest BCUT2D eigenvalue weighted by Crippen LogP contribution is -2.37. The molecule has 4 aromatic rings. The van der Waals surface area contributed by atoms with E-state index in [9.17, 15) is 19.1 Å². The highest BCUT2D eigenvalue weighted by molar-refractivity contribution is 7.22. The second-order valence-electron chi connectivity index (χ2n) is 7.95. The molecule has 0 saturated carbocycles. The molecule has 0 fully saturated rings. The summed E-state index contributed by atoms with van der Waals surface area (Å²) in [6.07, 6.45) is -0.854. The zero-order chi connectivity index (χ0) is 25.5. The molecule has 186 valence electrons. The number of rotatable bonds is 10. The van der Waals surface area contributed by atoms with Crippen LogP contribution in [0.25, 0.3) is 10.2 Å². The van der Waals surface area contributed by atoms with E-state index in [-0.39, 0.29) is 12.3 Å². The molecule has 0 radical (unpaired) electrons. The van der Waals surface area contributed by atoms with Crippen LogP contribution in [0.3, 0.4) is 0 Å². The largest absolute Gasteiger partial charge is 0.492 e. The van der Waals surface area contributed by atoms with Crippen LogP contribution in [0.4, 0.5) is 14.3 Å². The van der Waals surface area contributed by atoms with Crippen molar-refractivity contribution in [3.05, 3.63) is 84.2 Å². The number of likely N-dealkylation sites (N-methyl/N-ethyl adjacent to an activating group) is 1. The number of hydrogen-bond donors (Lipinski definition) is 1. The van der Waals surface area contributed by atoms with Crippen molar-refractivity contribution in [2.75, 3.05) is 31.6 Å². The number of para-hydroxylation sites is 1. The van der Waals surface area contributed by atoms with Gasteiger partial charge >= 0.3 is 12.1 Å². The minimum absolute atomic E-state index is 0.00483. The number of aromatic nitrogens is 1. The third kappa shape index (κ3) is 6.70. The van der Waals surface area contributed by atoms with Crippen molar-refractivity contribution in [1.82, 2.24) is 9.88 Å². The van der Waals surface area contributed by atoms with Gasteiger partial charge < -0.3 is 19.5 Å². The Morgan fingerprint density at radius 3 is 2.56 bits per heavy atom. The number of amides is 1. The molecule has 0 spiro atoms. The highest BCUT2D eigenvalue weighted by Crippen LogP contribution is 2.27. The Morgan fingerprint density at radius 2 is 1.81 bits per heavy atom. The first-order chi connectivity index (χ1) is 17.4. The molecule has 0 unspecified atom stereocenters. The molecule has 1 amide bonds. The first kappa shape index (κ1) is 24.9. The zero-order valence-corrected chi connectivity index (χ0v) is 20.3. The number of anilines is 1. The summed E-state index contributed by atoms with van der Waals surface area (Å²) in [4.78, 5) is 31.6. The lowest BCUT2D eigenvalue weighted by Gasteiger charge is -2.21. The molecule has 1 aromatic heterocycles. The van der Waals surface area contributed by atoms with E-state index in [0.717, 1.165) is 32.4 Å². The van der Waals surface area contributed by atoms with Gasteiger partial charge in [-0.05, 0) is 54.1 Å². The molecular formula is C26H24FN3O5S. The lowest BCUT2D eigenvalue weighted by atomic mass is 10.2. The molecule has 3 aromatic carbocycles. The molecule has 0 aliphatic heterocycles. The number of fused-ring (bicyclic) bond motifs is 1. The standard InChI is InChI=1S/C26H24FN3O5S/c1-29(25-28-22-7-2-3-8-23(22)36-25)13-14-34-21-6-4-5-18(15-21)16-30(17-24(31)32)26(33)35-20-11-9-19(27)10-12-20/h2-12,15H,13-14,16-17H2,1H3,(H,31,32). The normalized spacial score (nSPS) is 10.7. The van der Waals surface area contributed by atoms with E-state index < -0.39 is 24.4 Å². The average molecular weight is 510 g/mol. The number of carboxylic acids is 1. The second kappa shape index (κ2) is 11.5. The van der Waals surface area contributed by atoms with Gasteiger partial charge in [0.25, 0.3) is 0 Å². The molecule has 0 atom stereocenters. The summed E-state index contributed by atoms with van der Waals surface area (Å²) in [6, 6.07) is 19.9. The van der Waals surface area contributed by atoms with Crippen molar-refractivity contribution in [2.45, 2.75) is 6.54 Å². The summed E-state index contributed by atoms with van der Waals surface area (Å²) in [5.41, 5.74) is 1.63. The Kier molecular flexibility index (Phi) is 7.96. The van der Waals surface area contributed by atoms with Crippen LogP contribution in [-0.2, 0) is 11.3 Å². The summed E-state index contributed by atoms with van der Waals surface area (Å²) >= 11 is 1.61. The van der Waals surface area contributed by atoms with E-state index in [4.69, 9.17) is 9.47 Å². The number of halogens is 1. The van der Waals surface area contributed by atoms with E-state index in [1.165, 1.54) is 12.1 Å². The molecule has 0 saturated heterocycles. The minimum atomic E-state index is -1.18. The Labute approximate surface area is 211 Å². The molecule has 36 heavy (non-hydrogen) atoms. The van der Waals surface area contributed by atoms with E-state index in [0.29, 0.717) is 24.5 Å². The van der Waals surface area contributed by atoms with Crippen LogP contribution in [0, 0.1) is 5.82 Å². The maximum atomic E-state index is 13.1. The molecule has 8 nitrogen and oxygen atoms in total. The summed E-state index contributed by atoms with van der Waals surface area (Å²) < 4.78 is 25.3. The third-order valence-corrected chi connectivity index (χ3v) is 6.33. The average Bonchev–Trinajstić information content (AvgIpc) is 3.30. The van der Waals surface area contributed by atoms with Crippen molar-refractivity contribution in [2.24, 2.45) is 0 Å². The van der Waals surface area contributed by atoms with Crippen LogP contribution >= 0.6 is 11.3 Å². The third-order valence-electron chi connectivity index (χ3n) is 5.18. The van der Waals surface area contributed by atoms with Crippen LogP contribution in [0.1, 0.15) is 5.56 Å². The second-order valence-corrected chi connectivity index (χ2v) is 8.96. The van der Waals surface area contributed by atoms with Gasteiger partial charge in [0, 0.05) is 13.6 Å². The summed E-state index contributed by atoms with van der Waals surface area (Å²) in [6.45, 7) is 0.452. The number of thiazole rings is 1. The number of hydrogen-bond acceptors (Lipinski definition) is 7. The summed E-state index contributed by atoms with van der Waals surface area (Å²) in [5, 5.41) is 10.1. The van der Waals surface area contributed by atoms with Gasteiger partial charge in [0.15, 0.2) is 5.13 Å². The topological polar surface area (TPSA) is 92.2 Å². The fourth-order valence-electron chi connectivity index (χ4n) is 3.39. The first-order valence-electron chi connectivity index (χ1n) is 11.1. The minimum Gasteiger partial charge on any atom is -0.492 e. The Balaban J connectivity index is 1.35. The van der Waals surface area contributed by atoms with Crippen molar-refractivity contribution in [3.8, 4) is 11.5 Å². The summed E-state index contributed by atoms with van der Waals surface area (Å²) in [5.74, 6) is -0.949. The highest BCUT2D eigenvalue weighted by atomic mass is 32.1. The predicted octanol–water partition coefficient (Wildman–Crippen LogP) is 5.04. The molecule has 0 aliphatic rings. The maximum absolute atomic E-state index is 13.1. The van der Waals surface area contributed by atoms with Crippen LogP contribution in [0.5, 0.6) is 11.5 Å². The van der Waals surface area contributed by atoms with Crippen LogP contribution in [-0.4, -0.2) is 53.8 Å². The predicted molar refractivity (Wildman–Crippen MR) is 135 cm³/mol. The van der Waals surface area contributed by atoms with E-state index >= 15 is 0 Å². The SMILES string of the molecule is CN(CCOc1cccc(CN(CC(=O)O)C(=O)Oc2ccc(F)cc2)c1)c1nc2ccccc2s1. The van der Waals surface area contributed by atoms with Crippen molar-refractivity contribution in [1.29, 1.82) is 0 Å². The number of aliphatic carboxylic acids is 1. The fourth-order valence-corrected chi connectivity index (χ4v) is 4.34. The highest BCUT2D eigenvalue weighted by Gasteiger charge is 2.20. The van der Waals surface area contributed by atoms with Crippen molar-refractivity contribution < 1.29 is 28.6 Å². The van der Waals surface area contributed by atoms with E-state index in [1.54, 1.807) is 35.6 Å². The molecular weight excluding hydrogens is 485 g/mol. The fraction of sp³-hybridized carbons (Fsp3) is 0.192. The lowest BCUT2D eigenvalue weighted by molar-refractivity contribution is -0.138. The van der Waals surface area contributed by atoms with Crippen molar-refractivity contribution >= 4 is 38.7 Å². The van der Waals surface area contributed by atoms with Crippen LogP contribution < -0.4 is 14.4 Å². The number of nitrogens with zero attached hydrogens (tertiary/aromatic N) is 3. The maximum Gasteiger partial charge on any atom is 0.416 e. The molecule has 4 rings (SSSR count). The van der Waals surface area contributed by atoms with E-state index in [1.807, 2.05) is 36.2 Å². The Bertz CT molecular complexity index is 1310. The summed E-state index contributed by atoms with van der Waals surface area (Å²) in [7, 11) is 1.95. The van der Waals surface area contributed by atoms with Gasteiger partial charge in [0.05, 0.1) is 16.8 Å². The van der Waals surface area contributed by atoms with E-state index in [2.05, 4.69) is 4.98 Å². The molecule has 0 aliphatic carbocycles. The quantitative estimate of drug-likeness (QED) is 0.320. The van der Waals surface area contributed by atoms with Crippen LogP contribution in [0.15, 0.2) is 72.8 Å². The van der Waals surface area contributed by atoms with Gasteiger partial charge in [-0.1, -0.05) is 35.6 Å². The monoisotopic (exact) mass is 509 g/mol. The van der Waals surface area contributed by atoms with Gasteiger partial charge in [-0.2, -0.15) is 0 Å². The molecule has 1 N–H and O–H groups in total. The smallest absolute Gasteiger partial charge is 0.416 e. The Hall–Kier alpha value is -4.18. The first-order valence-corrected chi connectivity index (χ1v) is 11.9. The number of carbonyl (C=O) groups excluding carboxylic acids is 1. The number of benzene rings is 3. The molecule has 10 heteroatoms. The van der Waals surface area contributed by atoms with Gasteiger partial charge in [-0.25, -0.2) is 14.2 Å². The number of carbonyl (C=O) groups is 2. The number of ether oxygens (including phenoxy) is 2. The van der Waals surface area contributed by atoms with Gasteiger partial charge in [-0.15, -0.1) is 0 Å². The molecule has 0 bridgehead atoms. The van der Waals surface area contributed by atoms with Crippen molar-refractivity contribution in [3.63, 3.8) is 0 Å².